The van der Waals surface area contributed by atoms with E-state index in [0.29, 0.717) is 69.7 Å². The van der Waals surface area contributed by atoms with Gasteiger partial charge in [-0.05, 0) is 87.8 Å². The van der Waals surface area contributed by atoms with Gasteiger partial charge in [-0.3, -0.25) is 28.9 Å². The second-order valence-corrected chi connectivity index (χ2v) is 21.0. The average Bonchev–Trinajstić information content (AvgIpc) is 4.05. The van der Waals surface area contributed by atoms with Gasteiger partial charge in [0.2, 0.25) is 5.91 Å². The number of nitrogens with zero attached hydrogens (tertiary/aromatic N) is 4. The molecule has 5 aliphatic heterocycles. The second kappa shape index (κ2) is 23.4. The number of hydrogen-bond donors (Lipinski definition) is 4. The van der Waals surface area contributed by atoms with Gasteiger partial charge in [-0.1, -0.05) is 99.2 Å². The van der Waals surface area contributed by atoms with E-state index in [4.69, 9.17) is 0 Å². The van der Waals surface area contributed by atoms with Crippen molar-refractivity contribution in [3.63, 3.8) is 0 Å². The van der Waals surface area contributed by atoms with Crippen LogP contribution in [0.4, 0.5) is 4.79 Å². The lowest BCUT2D eigenvalue weighted by atomic mass is 9.84. The Bertz CT molecular complexity index is 1970. The summed E-state index contributed by atoms with van der Waals surface area (Å²) in [5.41, 5.74) is 2.25. The van der Waals surface area contributed by atoms with Crippen LogP contribution >= 0.6 is 11.8 Å². The van der Waals surface area contributed by atoms with Crippen LogP contribution < -0.4 is 21.3 Å². The lowest BCUT2D eigenvalue weighted by Crippen LogP contribution is -2.64. The molecular weight excluding hydrogens is 853 g/mol. The summed E-state index contributed by atoms with van der Waals surface area (Å²) >= 11 is 1.90. The van der Waals surface area contributed by atoms with Gasteiger partial charge in [0.05, 0.1) is 18.1 Å². The van der Waals surface area contributed by atoms with Crippen LogP contribution in [0.3, 0.4) is 0 Å². The lowest BCUT2D eigenvalue weighted by Gasteiger charge is -2.46. The van der Waals surface area contributed by atoms with E-state index < -0.39 is 23.6 Å². The fraction of sp³-hybridized carbons (Fsp3) is 0.647. The van der Waals surface area contributed by atoms with E-state index >= 15 is 0 Å². The minimum Gasteiger partial charge on any atom is -0.356 e. The number of unbranched alkanes of at least 4 members (excludes halogenated alkanes) is 2. The van der Waals surface area contributed by atoms with Gasteiger partial charge in [0.1, 0.15) is 0 Å². The number of thioether (sulfide) groups is 1. The maximum Gasteiger partial charge on any atom is 0.315 e. The number of hydrogen-bond acceptors (Lipinski definition) is 8. The number of carbonyl (C=O) groups is 6. The number of amides is 7. The Labute approximate surface area is 395 Å². The van der Waals surface area contributed by atoms with Crippen molar-refractivity contribution in [2.45, 2.75) is 151 Å². The van der Waals surface area contributed by atoms with Gasteiger partial charge in [0.25, 0.3) is 0 Å². The van der Waals surface area contributed by atoms with Crippen molar-refractivity contribution in [3.8, 4) is 0 Å². The van der Waals surface area contributed by atoms with E-state index in [0.717, 1.165) is 94.1 Å². The molecule has 15 heteroatoms. The van der Waals surface area contributed by atoms with Crippen molar-refractivity contribution in [1.82, 2.24) is 40.9 Å². The Morgan fingerprint density at radius 3 is 2.30 bits per heavy atom. The highest BCUT2D eigenvalue weighted by atomic mass is 32.2. The van der Waals surface area contributed by atoms with E-state index in [-0.39, 0.29) is 48.2 Å². The quantitative estimate of drug-likeness (QED) is 0.0754. The van der Waals surface area contributed by atoms with Gasteiger partial charge >= 0.3 is 29.7 Å². The molecule has 2 aromatic carbocycles. The Morgan fingerprint density at radius 2 is 1.52 bits per heavy atom. The Morgan fingerprint density at radius 1 is 0.758 bits per heavy atom. The largest absolute Gasteiger partial charge is 0.356 e. The molecule has 1 aliphatic carbocycles. The molecule has 5 heterocycles. The highest BCUT2D eigenvalue weighted by molar-refractivity contribution is 8.00. The highest BCUT2D eigenvalue weighted by Gasteiger charge is 2.45. The van der Waals surface area contributed by atoms with E-state index in [1.54, 1.807) is 4.90 Å². The minimum absolute atomic E-state index is 0.0451. The van der Waals surface area contributed by atoms with Gasteiger partial charge in [-0.15, -0.1) is 0 Å². The summed E-state index contributed by atoms with van der Waals surface area (Å²) in [6.07, 6.45) is 15.5. The first-order valence-corrected chi connectivity index (χ1v) is 26.2. The van der Waals surface area contributed by atoms with Crippen LogP contribution in [0.1, 0.15) is 107 Å². The van der Waals surface area contributed by atoms with Crippen LogP contribution in [0.2, 0.25) is 0 Å². The van der Waals surface area contributed by atoms with Gasteiger partial charge in [-0.2, -0.15) is 11.8 Å². The number of likely N-dealkylation sites (tertiary alicyclic amines) is 1. The molecule has 358 valence electrons. The molecule has 7 atom stereocenters. The van der Waals surface area contributed by atoms with Crippen molar-refractivity contribution in [2.24, 2.45) is 5.92 Å². The third kappa shape index (κ3) is 12.5. The molecule has 0 radical (unpaired) electrons. The maximum absolute atomic E-state index is 14.5. The zero-order valence-corrected chi connectivity index (χ0v) is 39.5. The van der Waals surface area contributed by atoms with E-state index in [1.807, 2.05) is 58.0 Å². The van der Waals surface area contributed by atoms with Crippen molar-refractivity contribution >= 4 is 47.3 Å². The van der Waals surface area contributed by atoms with Crippen LogP contribution in [0.5, 0.6) is 0 Å². The molecule has 1 saturated carbocycles. The SMILES string of the molecule is O=C(CCCC[C@H]1SC[C@H]2NC(=O)N[C@H]21)NCCCC[C@H]1CN([C@H](CC2CCCCC2)CN2CCC[C@H]2CN2C(=O)C(=O)NC[C@@H]2Cc2ccccc2)C(=O)C(=O)N1CCc1ccccc1. The second-order valence-electron chi connectivity index (χ2n) is 19.8. The predicted molar refractivity (Wildman–Crippen MR) is 256 cm³/mol. The third-order valence-corrected chi connectivity index (χ3v) is 16.7. The molecule has 0 unspecified atom stereocenters. The summed E-state index contributed by atoms with van der Waals surface area (Å²) in [7, 11) is 0. The van der Waals surface area contributed by atoms with E-state index in [1.165, 1.54) is 19.3 Å². The van der Waals surface area contributed by atoms with Crippen LogP contribution in [0.15, 0.2) is 60.7 Å². The van der Waals surface area contributed by atoms with Crippen LogP contribution in [-0.4, -0.2) is 148 Å². The van der Waals surface area contributed by atoms with Crippen LogP contribution in [-0.2, 0) is 36.8 Å². The zero-order valence-electron chi connectivity index (χ0n) is 38.7. The number of fused-ring (bicyclic) bond motifs is 1. The molecule has 2 aromatic rings. The monoisotopic (exact) mass is 925 g/mol. The Balaban J connectivity index is 0.899. The van der Waals surface area contributed by atoms with Crippen molar-refractivity contribution < 1.29 is 28.8 Å². The van der Waals surface area contributed by atoms with Crippen molar-refractivity contribution in [2.75, 3.05) is 51.6 Å². The average molecular weight is 925 g/mol. The molecule has 4 N–H and O–H groups in total. The number of urea groups is 1. The fourth-order valence-electron chi connectivity index (χ4n) is 11.6. The number of nitrogens with one attached hydrogen (secondary N) is 4. The summed E-state index contributed by atoms with van der Waals surface area (Å²) in [4.78, 5) is 87.7. The summed E-state index contributed by atoms with van der Waals surface area (Å²) in [6.45, 7) is 3.86. The lowest BCUT2D eigenvalue weighted by molar-refractivity contribution is -0.162. The van der Waals surface area contributed by atoms with Gasteiger partial charge < -0.3 is 36.0 Å². The summed E-state index contributed by atoms with van der Waals surface area (Å²) in [5.74, 6) is -0.388. The van der Waals surface area contributed by atoms with E-state index in [2.05, 4.69) is 50.4 Å². The summed E-state index contributed by atoms with van der Waals surface area (Å²) in [6, 6.07) is 20.2. The molecule has 7 amide bonds. The number of carbonyl (C=O) groups excluding carboxylic acids is 6. The molecule has 0 spiro atoms. The predicted octanol–water partition coefficient (Wildman–Crippen LogP) is 4.65. The maximum atomic E-state index is 14.5. The first kappa shape index (κ1) is 47.8. The standard InChI is InChI=1S/C51H72N8O6S/c60-45(24-11-10-23-44-46-43(35-66-44)54-51(65)55-46)52-26-13-12-21-40-34-59(50(64)49(63)57(40)28-25-36-15-4-1-5-16-36)42(30-38-19-8-3-9-20-38)32-56-27-14-22-39(56)33-58-41(31-53-47(61)48(58)62)29-37-17-6-2-7-18-37/h1-2,4-7,15-18,38-44,46H,3,8-14,19-35H2,(H,52,60)(H,53,61)(H2,54,55,65)/t39-,40-,41-,42+,43+,44+,46+/m0/s1. The molecule has 0 aromatic heterocycles. The zero-order chi connectivity index (χ0) is 45.8. The smallest absolute Gasteiger partial charge is 0.315 e. The fourth-order valence-corrected chi connectivity index (χ4v) is 13.1. The topological polar surface area (TPSA) is 163 Å². The van der Waals surface area contributed by atoms with Gasteiger partial charge in [0.15, 0.2) is 0 Å². The Hall–Kier alpha value is -4.63. The number of rotatable bonds is 22. The van der Waals surface area contributed by atoms with Gasteiger partial charge in [0, 0.05) is 74.8 Å². The van der Waals surface area contributed by atoms with Crippen molar-refractivity contribution in [3.05, 3.63) is 71.8 Å². The van der Waals surface area contributed by atoms with Crippen molar-refractivity contribution in [1.29, 1.82) is 0 Å². The number of benzene rings is 2. The molecule has 6 aliphatic rings. The molecule has 5 saturated heterocycles. The third-order valence-electron chi connectivity index (χ3n) is 15.2. The van der Waals surface area contributed by atoms with Crippen LogP contribution in [0.25, 0.3) is 0 Å². The first-order chi connectivity index (χ1) is 32.2. The summed E-state index contributed by atoms with van der Waals surface area (Å²) < 4.78 is 0. The molecule has 0 bridgehead atoms. The molecule has 6 fully saturated rings. The van der Waals surface area contributed by atoms with E-state index in [9.17, 15) is 28.8 Å². The van der Waals surface area contributed by atoms with Gasteiger partial charge in [-0.25, -0.2) is 4.79 Å². The van der Waals surface area contributed by atoms with Crippen LogP contribution in [0, 0.1) is 5.92 Å². The highest BCUT2D eigenvalue weighted by Crippen LogP contribution is 2.34. The number of piperazine rings is 2. The summed E-state index contributed by atoms with van der Waals surface area (Å²) in [5, 5.41) is 12.4. The molecule has 66 heavy (non-hydrogen) atoms. The molecule has 14 nitrogen and oxygen atoms in total. The first-order valence-electron chi connectivity index (χ1n) is 25.2. The Kier molecular flexibility index (Phi) is 17.0. The molecule has 8 rings (SSSR count). The minimum atomic E-state index is -0.551. The molecular formula is C51H72N8O6S. The normalized spacial score (nSPS) is 26.6.